The molecule has 0 unspecified atom stereocenters. The van der Waals surface area contributed by atoms with Crippen LogP contribution in [0.5, 0.6) is 0 Å². The molecule has 1 aliphatic rings. The first-order valence-electron chi connectivity index (χ1n) is 7.45. The Bertz CT molecular complexity index is 712. The average Bonchev–Trinajstić information content (AvgIpc) is 2.49. The van der Waals surface area contributed by atoms with Crippen LogP contribution in [0.4, 0.5) is 5.69 Å². The number of aliphatic hydroxyl groups is 1. The zero-order valence-corrected chi connectivity index (χ0v) is 13.1. The van der Waals surface area contributed by atoms with E-state index in [-0.39, 0.29) is 17.9 Å². The molecule has 0 spiro atoms. The van der Waals surface area contributed by atoms with Crippen molar-refractivity contribution in [1.29, 1.82) is 0 Å². The van der Waals surface area contributed by atoms with Crippen molar-refractivity contribution in [1.82, 2.24) is 9.97 Å². The molecule has 2 heterocycles. The van der Waals surface area contributed by atoms with Gasteiger partial charge < -0.3 is 10.4 Å². The Labute approximate surface area is 133 Å². The number of nitrogens with one attached hydrogen (secondary N) is 1. The largest absolute Gasteiger partial charge is 0.393 e. The van der Waals surface area contributed by atoms with E-state index in [4.69, 9.17) is 11.6 Å². The van der Waals surface area contributed by atoms with Crippen molar-refractivity contribution in [3.63, 3.8) is 0 Å². The number of rotatable bonds is 3. The third-order valence-corrected chi connectivity index (χ3v) is 4.31. The molecule has 116 valence electrons. The van der Waals surface area contributed by atoms with Gasteiger partial charge in [-0.3, -0.25) is 9.78 Å². The Morgan fingerprint density at radius 3 is 2.73 bits per heavy atom. The molecule has 0 bridgehead atoms. The highest BCUT2D eigenvalue weighted by Gasteiger charge is 2.22. The average molecular weight is 320 g/mol. The number of Topliss-reactive ketones (excluding diaryl/α,β-unsaturated/α-hetero) is 1. The fraction of sp³-hybridized carbons (Fsp3) is 0.438. The predicted molar refractivity (Wildman–Crippen MR) is 86.4 cm³/mol. The Morgan fingerprint density at radius 2 is 2.05 bits per heavy atom. The summed E-state index contributed by atoms with van der Waals surface area (Å²) in [4.78, 5) is 20.5. The molecule has 2 N–H and O–H groups in total. The van der Waals surface area contributed by atoms with Crippen LogP contribution in [-0.4, -0.2) is 33.0 Å². The number of nitrogens with zero attached hydrogens (tertiary/aromatic N) is 2. The Kier molecular flexibility index (Phi) is 4.27. The molecule has 1 saturated carbocycles. The van der Waals surface area contributed by atoms with Crippen molar-refractivity contribution in [2.24, 2.45) is 0 Å². The van der Waals surface area contributed by atoms with E-state index in [0.717, 1.165) is 25.7 Å². The number of hydrogen-bond acceptors (Lipinski definition) is 5. The van der Waals surface area contributed by atoms with Crippen molar-refractivity contribution in [3.05, 3.63) is 29.0 Å². The molecule has 1 fully saturated rings. The number of anilines is 1. The van der Waals surface area contributed by atoms with Crippen molar-refractivity contribution in [2.75, 3.05) is 5.32 Å². The van der Waals surface area contributed by atoms with Crippen LogP contribution in [0.25, 0.3) is 11.0 Å². The van der Waals surface area contributed by atoms with E-state index in [9.17, 15) is 9.90 Å². The number of fused-ring (bicyclic) bond motifs is 1. The minimum atomic E-state index is -0.216. The van der Waals surface area contributed by atoms with Gasteiger partial charge in [-0.1, -0.05) is 11.6 Å². The third kappa shape index (κ3) is 3.05. The van der Waals surface area contributed by atoms with E-state index in [1.807, 2.05) is 0 Å². The molecule has 0 aromatic carbocycles. The Hall–Kier alpha value is -1.72. The lowest BCUT2D eigenvalue weighted by molar-refractivity contribution is 0.101. The number of pyridine rings is 2. The molecule has 0 atom stereocenters. The Balaban J connectivity index is 2.02. The highest BCUT2D eigenvalue weighted by atomic mass is 35.5. The van der Waals surface area contributed by atoms with E-state index in [1.165, 1.54) is 6.92 Å². The van der Waals surface area contributed by atoms with Crippen LogP contribution in [0, 0.1) is 0 Å². The smallest absolute Gasteiger partial charge is 0.163 e. The van der Waals surface area contributed by atoms with Crippen molar-refractivity contribution in [2.45, 2.75) is 44.8 Å². The SMILES string of the molecule is CC(=O)c1cnc2ccc(Cl)nc2c1NC1CCC(O)CC1. The predicted octanol–water partition coefficient (Wildman–Crippen LogP) is 3.20. The van der Waals surface area contributed by atoms with Crippen LogP contribution in [0.15, 0.2) is 18.3 Å². The normalized spacial score (nSPS) is 21.8. The number of ketones is 1. The lowest BCUT2D eigenvalue weighted by atomic mass is 9.92. The van der Waals surface area contributed by atoms with Crippen molar-refractivity contribution >= 4 is 34.1 Å². The summed E-state index contributed by atoms with van der Waals surface area (Å²) in [6.45, 7) is 1.52. The van der Waals surface area contributed by atoms with Crippen LogP contribution in [-0.2, 0) is 0 Å². The molecule has 22 heavy (non-hydrogen) atoms. The second kappa shape index (κ2) is 6.18. The van der Waals surface area contributed by atoms with Gasteiger partial charge in [0.05, 0.1) is 22.9 Å². The maximum Gasteiger partial charge on any atom is 0.163 e. The number of aromatic nitrogens is 2. The van der Waals surface area contributed by atoms with Gasteiger partial charge in [0.2, 0.25) is 0 Å². The first-order valence-corrected chi connectivity index (χ1v) is 7.83. The first kappa shape index (κ1) is 15.2. The number of aliphatic hydroxyl groups excluding tert-OH is 1. The summed E-state index contributed by atoms with van der Waals surface area (Å²) in [5.74, 6) is -0.0606. The van der Waals surface area contributed by atoms with E-state index in [0.29, 0.717) is 27.4 Å². The molecule has 5 nitrogen and oxygen atoms in total. The topological polar surface area (TPSA) is 75.1 Å². The van der Waals surface area contributed by atoms with Crippen LogP contribution in [0.3, 0.4) is 0 Å². The molecule has 0 amide bonds. The summed E-state index contributed by atoms with van der Waals surface area (Å²) in [5, 5.41) is 13.4. The molecule has 0 saturated heterocycles. The van der Waals surface area contributed by atoms with Crippen molar-refractivity contribution in [3.8, 4) is 0 Å². The summed E-state index contributed by atoms with van der Waals surface area (Å²) < 4.78 is 0. The van der Waals surface area contributed by atoms with Gasteiger partial charge in [0.25, 0.3) is 0 Å². The maximum atomic E-state index is 11.9. The van der Waals surface area contributed by atoms with Gasteiger partial charge in [-0.05, 0) is 44.7 Å². The molecule has 0 aliphatic heterocycles. The van der Waals surface area contributed by atoms with Crippen LogP contribution in [0.2, 0.25) is 5.15 Å². The number of hydrogen-bond donors (Lipinski definition) is 2. The maximum absolute atomic E-state index is 11.9. The molecular weight excluding hydrogens is 302 g/mol. The molecule has 1 aliphatic carbocycles. The first-order chi connectivity index (χ1) is 10.5. The molecule has 0 radical (unpaired) electrons. The van der Waals surface area contributed by atoms with Crippen molar-refractivity contribution < 1.29 is 9.90 Å². The zero-order valence-electron chi connectivity index (χ0n) is 12.3. The van der Waals surface area contributed by atoms with Gasteiger partial charge in [-0.15, -0.1) is 0 Å². The molecule has 2 aromatic rings. The number of carbonyl (C=O) groups is 1. The highest BCUT2D eigenvalue weighted by molar-refractivity contribution is 6.30. The summed E-state index contributed by atoms with van der Waals surface area (Å²) in [6, 6.07) is 3.70. The van der Waals surface area contributed by atoms with Gasteiger partial charge in [-0.2, -0.15) is 0 Å². The van der Waals surface area contributed by atoms with Gasteiger partial charge in [-0.25, -0.2) is 4.98 Å². The molecule has 2 aromatic heterocycles. The Morgan fingerprint density at radius 1 is 1.32 bits per heavy atom. The fourth-order valence-corrected chi connectivity index (χ4v) is 3.03. The summed E-state index contributed by atoms with van der Waals surface area (Å²) in [5.41, 5.74) is 2.54. The lowest BCUT2D eigenvalue weighted by Crippen LogP contribution is -2.29. The lowest BCUT2D eigenvalue weighted by Gasteiger charge is -2.28. The van der Waals surface area contributed by atoms with Gasteiger partial charge in [0, 0.05) is 12.2 Å². The second-order valence-electron chi connectivity index (χ2n) is 5.75. The second-order valence-corrected chi connectivity index (χ2v) is 6.14. The summed E-state index contributed by atoms with van der Waals surface area (Å²) >= 11 is 6.00. The molecule has 3 rings (SSSR count). The minimum Gasteiger partial charge on any atom is -0.393 e. The van der Waals surface area contributed by atoms with Gasteiger partial charge in [0.1, 0.15) is 10.7 Å². The van der Waals surface area contributed by atoms with E-state index in [2.05, 4.69) is 15.3 Å². The van der Waals surface area contributed by atoms with E-state index < -0.39 is 0 Å². The van der Waals surface area contributed by atoms with Crippen LogP contribution < -0.4 is 5.32 Å². The quantitative estimate of drug-likeness (QED) is 0.671. The highest BCUT2D eigenvalue weighted by Crippen LogP contribution is 2.29. The van der Waals surface area contributed by atoms with Crippen LogP contribution >= 0.6 is 11.6 Å². The van der Waals surface area contributed by atoms with E-state index in [1.54, 1.807) is 18.3 Å². The fourth-order valence-electron chi connectivity index (χ4n) is 2.88. The van der Waals surface area contributed by atoms with E-state index >= 15 is 0 Å². The van der Waals surface area contributed by atoms with Gasteiger partial charge in [0.15, 0.2) is 5.78 Å². The monoisotopic (exact) mass is 319 g/mol. The van der Waals surface area contributed by atoms with Crippen LogP contribution in [0.1, 0.15) is 43.0 Å². The number of carbonyl (C=O) groups excluding carboxylic acids is 1. The summed E-state index contributed by atoms with van der Waals surface area (Å²) in [6.07, 6.45) is 4.63. The standard InChI is InChI=1S/C16H18ClN3O2/c1-9(21)12-8-18-13-6-7-14(17)20-16(13)15(12)19-10-2-4-11(22)5-3-10/h6-8,10-11,22H,2-5H2,1H3,(H,18,19). The zero-order chi connectivity index (χ0) is 15.7. The van der Waals surface area contributed by atoms with Gasteiger partial charge >= 0.3 is 0 Å². The molecular formula is C16H18ClN3O2. The summed E-state index contributed by atoms with van der Waals surface area (Å²) in [7, 11) is 0. The minimum absolute atomic E-state index is 0.0606. The molecule has 6 heteroatoms. The number of halogens is 1. The third-order valence-electron chi connectivity index (χ3n) is 4.10.